The fourth-order valence-electron chi connectivity index (χ4n) is 0.767. The molecule has 0 aliphatic carbocycles. The summed E-state index contributed by atoms with van der Waals surface area (Å²) >= 11 is 0. The highest BCUT2D eigenvalue weighted by Crippen LogP contribution is 1.57. The molecule has 0 fully saturated rings. The van der Waals surface area contributed by atoms with E-state index in [0.717, 1.165) is 10.6 Å². The Labute approximate surface area is 53.9 Å². The second kappa shape index (κ2) is 2.49. The Morgan fingerprint density at radius 2 is 2.22 bits per heavy atom. The Morgan fingerprint density at radius 1 is 1.44 bits per heavy atom. The van der Waals surface area contributed by atoms with E-state index in [2.05, 4.69) is 10.2 Å². The van der Waals surface area contributed by atoms with E-state index in [-0.39, 0.29) is 0 Å². The first-order valence-electron chi connectivity index (χ1n) is 3.00. The SMILES string of the molecule is C/C=c1/cn[nH]/c1=C/C. The number of rotatable bonds is 0. The summed E-state index contributed by atoms with van der Waals surface area (Å²) in [4.78, 5) is 0. The van der Waals surface area contributed by atoms with Crippen LogP contribution >= 0.6 is 0 Å². The number of H-pyrrole nitrogens is 1. The number of hydrogen-bond donors (Lipinski definition) is 1. The summed E-state index contributed by atoms with van der Waals surface area (Å²) in [5.74, 6) is 0. The summed E-state index contributed by atoms with van der Waals surface area (Å²) in [5.41, 5.74) is 0. The highest BCUT2D eigenvalue weighted by Gasteiger charge is 1.79. The van der Waals surface area contributed by atoms with E-state index in [1.54, 1.807) is 0 Å². The molecule has 0 unspecified atom stereocenters. The van der Waals surface area contributed by atoms with Crippen LogP contribution in [0.2, 0.25) is 0 Å². The predicted molar refractivity (Wildman–Crippen MR) is 38.1 cm³/mol. The molecule has 48 valence electrons. The van der Waals surface area contributed by atoms with E-state index in [4.69, 9.17) is 0 Å². The van der Waals surface area contributed by atoms with E-state index >= 15 is 0 Å². The lowest BCUT2D eigenvalue weighted by Gasteiger charge is -1.70. The van der Waals surface area contributed by atoms with Gasteiger partial charge in [0.05, 0.1) is 11.5 Å². The standard InChI is InChI=1S/C7H10N2/c1-3-6-5-8-9-7(6)4-2/h3-5,9H,1-2H3/b6-3-,7-4+. The van der Waals surface area contributed by atoms with Gasteiger partial charge in [0.15, 0.2) is 0 Å². The largest absolute Gasteiger partial charge is 0.278 e. The summed E-state index contributed by atoms with van der Waals surface area (Å²) in [7, 11) is 0. The molecule has 0 spiro atoms. The zero-order valence-corrected chi connectivity index (χ0v) is 5.68. The van der Waals surface area contributed by atoms with Gasteiger partial charge in [0.1, 0.15) is 0 Å². The van der Waals surface area contributed by atoms with E-state index in [0.29, 0.717) is 0 Å². The van der Waals surface area contributed by atoms with Crippen LogP contribution in [-0.2, 0) is 0 Å². The molecule has 0 radical (unpaired) electrons. The molecule has 2 nitrogen and oxygen atoms in total. The molecule has 0 aromatic carbocycles. The molecule has 0 saturated heterocycles. The first-order valence-corrected chi connectivity index (χ1v) is 3.00. The number of aromatic nitrogens is 2. The van der Waals surface area contributed by atoms with Crippen LogP contribution in [0.15, 0.2) is 6.20 Å². The first kappa shape index (κ1) is 6.08. The van der Waals surface area contributed by atoms with Crippen molar-refractivity contribution in [1.29, 1.82) is 0 Å². The molecule has 0 saturated carbocycles. The normalized spacial score (nSPS) is 14.9. The molecular formula is C7H10N2. The summed E-state index contributed by atoms with van der Waals surface area (Å²) in [5, 5.41) is 9.01. The zero-order valence-electron chi connectivity index (χ0n) is 5.68. The first-order chi connectivity index (χ1) is 4.38. The van der Waals surface area contributed by atoms with E-state index in [9.17, 15) is 0 Å². The van der Waals surface area contributed by atoms with Crippen LogP contribution in [0.3, 0.4) is 0 Å². The molecule has 0 aliphatic rings. The van der Waals surface area contributed by atoms with Crippen molar-refractivity contribution in [1.82, 2.24) is 10.2 Å². The monoisotopic (exact) mass is 122 g/mol. The van der Waals surface area contributed by atoms with Gasteiger partial charge in [-0.1, -0.05) is 12.2 Å². The maximum absolute atomic E-state index is 3.88. The van der Waals surface area contributed by atoms with Gasteiger partial charge in [-0.25, -0.2) is 0 Å². The molecule has 1 N–H and O–H groups in total. The van der Waals surface area contributed by atoms with Gasteiger partial charge in [-0.3, -0.25) is 5.10 Å². The Hall–Kier alpha value is -1.05. The number of aromatic amines is 1. The Morgan fingerprint density at radius 3 is 2.67 bits per heavy atom. The fourth-order valence-corrected chi connectivity index (χ4v) is 0.767. The quantitative estimate of drug-likeness (QED) is 0.516. The van der Waals surface area contributed by atoms with Crippen LogP contribution in [-0.4, -0.2) is 10.2 Å². The fraction of sp³-hybridized carbons (Fsp3) is 0.286. The van der Waals surface area contributed by atoms with Gasteiger partial charge in [-0.2, -0.15) is 5.10 Å². The average molecular weight is 122 g/mol. The van der Waals surface area contributed by atoms with E-state index in [1.807, 2.05) is 32.2 Å². The van der Waals surface area contributed by atoms with Crippen molar-refractivity contribution in [3.63, 3.8) is 0 Å². The third-order valence-electron chi connectivity index (χ3n) is 1.30. The molecule has 0 bridgehead atoms. The van der Waals surface area contributed by atoms with Crippen molar-refractivity contribution < 1.29 is 0 Å². The molecule has 0 aliphatic heterocycles. The molecule has 0 atom stereocenters. The lowest BCUT2D eigenvalue weighted by molar-refractivity contribution is 1.06. The second-order valence-electron chi connectivity index (χ2n) is 1.82. The second-order valence-corrected chi connectivity index (χ2v) is 1.82. The molecule has 1 rings (SSSR count). The van der Waals surface area contributed by atoms with Gasteiger partial charge in [0, 0.05) is 5.22 Å². The van der Waals surface area contributed by atoms with Crippen molar-refractivity contribution in [3.05, 3.63) is 16.8 Å². The molecule has 9 heavy (non-hydrogen) atoms. The van der Waals surface area contributed by atoms with Crippen LogP contribution in [0, 0.1) is 0 Å². The van der Waals surface area contributed by atoms with E-state index in [1.165, 1.54) is 0 Å². The van der Waals surface area contributed by atoms with Crippen LogP contribution < -0.4 is 10.6 Å². The molecule has 0 amide bonds. The van der Waals surface area contributed by atoms with E-state index < -0.39 is 0 Å². The summed E-state index contributed by atoms with van der Waals surface area (Å²) in [6, 6.07) is 0. The highest BCUT2D eigenvalue weighted by atomic mass is 15.1. The maximum atomic E-state index is 3.88. The number of hydrogen-bond acceptors (Lipinski definition) is 1. The molecular weight excluding hydrogens is 112 g/mol. The zero-order chi connectivity index (χ0) is 6.69. The van der Waals surface area contributed by atoms with Crippen molar-refractivity contribution in [2.75, 3.05) is 0 Å². The molecule has 1 heterocycles. The molecule has 1 aromatic heterocycles. The summed E-state index contributed by atoms with van der Waals surface area (Å²) in [6.45, 7) is 3.98. The van der Waals surface area contributed by atoms with Gasteiger partial charge in [0.2, 0.25) is 0 Å². The highest BCUT2D eigenvalue weighted by molar-refractivity contribution is 5.23. The average Bonchev–Trinajstić information content (AvgIpc) is 2.33. The minimum absolute atomic E-state index is 1.09. The third-order valence-corrected chi connectivity index (χ3v) is 1.30. The van der Waals surface area contributed by atoms with Gasteiger partial charge in [-0.05, 0) is 13.8 Å². The van der Waals surface area contributed by atoms with Gasteiger partial charge in [-0.15, -0.1) is 0 Å². The number of nitrogens with one attached hydrogen (secondary N) is 1. The summed E-state index contributed by atoms with van der Waals surface area (Å²) < 4.78 is 0. The smallest absolute Gasteiger partial charge is 0.0604 e. The van der Waals surface area contributed by atoms with Gasteiger partial charge in [0.25, 0.3) is 0 Å². The topological polar surface area (TPSA) is 28.7 Å². The minimum atomic E-state index is 1.09. The van der Waals surface area contributed by atoms with Gasteiger partial charge < -0.3 is 0 Å². The van der Waals surface area contributed by atoms with Gasteiger partial charge >= 0.3 is 0 Å². The van der Waals surface area contributed by atoms with Crippen molar-refractivity contribution in [3.8, 4) is 0 Å². The molecule has 2 heteroatoms. The van der Waals surface area contributed by atoms with Crippen LogP contribution in [0.25, 0.3) is 12.2 Å². The van der Waals surface area contributed by atoms with Crippen LogP contribution in [0.4, 0.5) is 0 Å². The summed E-state index contributed by atoms with van der Waals surface area (Å²) in [6.07, 6.45) is 5.84. The lowest BCUT2D eigenvalue weighted by atomic mass is 10.4. The van der Waals surface area contributed by atoms with Crippen molar-refractivity contribution >= 4 is 12.2 Å². The van der Waals surface area contributed by atoms with Crippen LogP contribution in [0.5, 0.6) is 0 Å². The predicted octanol–water partition coefficient (Wildman–Crippen LogP) is 0.0105. The van der Waals surface area contributed by atoms with Crippen molar-refractivity contribution in [2.24, 2.45) is 0 Å². The minimum Gasteiger partial charge on any atom is -0.278 e. The Bertz CT molecular complexity index is 254. The maximum Gasteiger partial charge on any atom is 0.0604 e. The Balaban J connectivity index is 3.50. The Kier molecular flexibility index (Phi) is 1.68. The lowest BCUT2D eigenvalue weighted by Crippen LogP contribution is -2.20. The third kappa shape index (κ3) is 1.02. The molecule has 1 aromatic rings. The van der Waals surface area contributed by atoms with Crippen molar-refractivity contribution in [2.45, 2.75) is 13.8 Å². The van der Waals surface area contributed by atoms with Crippen LogP contribution in [0.1, 0.15) is 13.8 Å². The number of nitrogens with zero attached hydrogens (tertiary/aromatic N) is 1.